The number of amides is 1. The van der Waals surface area contributed by atoms with Gasteiger partial charge in [-0.05, 0) is 66.7 Å². The van der Waals surface area contributed by atoms with Crippen molar-refractivity contribution in [3.05, 3.63) is 97.9 Å². The fraction of sp³-hybridized carbons (Fsp3) is 0. The van der Waals surface area contributed by atoms with Crippen molar-refractivity contribution < 1.29 is 14.3 Å². The monoisotopic (exact) mass is 490 g/mol. The highest BCUT2D eigenvalue weighted by Gasteiger charge is 2.12. The number of hydrogen-bond acceptors (Lipinski definition) is 4. The number of carbonyl (C=O) groups is 2. The number of ether oxygens (including phenoxy) is 1. The predicted octanol–water partition coefficient (Wildman–Crippen LogP) is 5.74. The largest absolute Gasteiger partial charge is 0.422 e. The molecule has 0 fully saturated rings. The van der Waals surface area contributed by atoms with Crippen LogP contribution >= 0.6 is 39.1 Å². The van der Waals surface area contributed by atoms with Gasteiger partial charge in [0.15, 0.2) is 0 Å². The Labute approximate surface area is 185 Å². The molecule has 8 heteroatoms. The lowest BCUT2D eigenvalue weighted by molar-refractivity contribution is 0.0734. The maximum atomic E-state index is 12.4. The quantitative estimate of drug-likeness (QED) is 0.214. The molecular weight excluding hydrogens is 479 g/mol. The van der Waals surface area contributed by atoms with E-state index in [-0.39, 0.29) is 5.75 Å². The first-order valence-corrected chi connectivity index (χ1v) is 9.83. The van der Waals surface area contributed by atoms with Gasteiger partial charge in [0.2, 0.25) is 0 Å². The van der Waals surface area contributed by atoms with Crippen LogP contribution in [0.25, 0.3) is 0 Å². The van der Waals surface area contributed by atoms with Crippen LogP contribution in [-0.2, 0) is 0 Å². The molecule has 0 spiro atoms. The Kier molecular flexibility index (Phi) is 7.04. The van der Waals surface area contributed by atoms with E-state index >= 15 is 0 Å². The maximum absolute atomic E-state index is 12.4. The minimum atomic E-state index is -0.528. The second kappa shape index (κ2) is 9.69. The zero-order chi connectivity index (χ0) is 20.8. The smallest absolute Gasteiger partial charge is 0.343 e. The molecule has 0 aliphatic heterocycles. The normalized spacial score (nSPS) is 10.7. The molecule has 0 saturated heterocycles. The molecule has 0 heterocycles. The predicted molar refractivity (Wildman–Crippen MR) is 117 cm³/mol. The van der Waals surface area contributed by atoms with Gasteiger partial charge in [0, 0.05) is 25.6 Å². The third-order valence-corrected chi connectivity index (χ3v) is 4.75. The summed E-state index contributed by atoms with van der Waals surface area (Å²) in [6.07, 6.45) is 1.35. The van der Waals surface area contributed by atoms with Gasteiger partial charge in [-0.15, -0.1) is 0 Å². The summed E-state index contributed by atoms with van der Waals surface area (Å²) in [5.74, 6) is -0.681. The number of carbonyl (C=O) groups excluding carboxylic acids is 2. The summed E-state index contributed by atoms with van der Waals surface area (Å²) < 4.78 is 6.30. The Bertz CT molecular complexity index is 1070. The molecule has 0 atom stereocenters. The number of rotatable bonds is 5. The van der Waals surface area contributed by atoms with Crippen LogP contribution in [0.4, 0.5) is 0 Å². The summed E-state index contributed by atoms with van der Waals surface area (Å²) in [4.78, 5) is 24.5. The van der Waals surface area contributed by atoms with Crippen LogP contribution in [0.2, 0.25) is 10.0 Å². The zero-order valence-corrected chi connectivity index (χ0v) is 17.8. The van der Waals surface area contributed by atoms with Gasteiger partial charge in [-0.1, -0.05) is 39.1 Å². The standard InChI is InChI=1S/C21H13BrCl2N2O3/c22-16-5-1-14(2-6-16)21(28)29-19-10-9-18(24)11-15(19)12-25-26-20(27)13-3-7-17(23)8-4-13/h1-12H,(H,26,27)/b25-12+. The van der Waals surface area contributed by atoms with E-state index in [1.807, 2.05) is 0 Å². The van der Waals surface area contributed by atoms with Crippen LogP contribution in [-0.4, -0.2) is 18.1 Å². The average molecular weight is 492 g/mol. The topological polar surface area (TPSA) is 67.8 Å². The van der Waals surface area contributed by atoms with E-state index in [0.717, 1.165) is 4.47 Å². The molecule has 0 radical (unpaired) electrons. The molecule has 1 N–H and O–H groups in total. The SMILES string of the molecule is O=C(N/N=C/c1cc(Cl)ccc1OC(=O)c1ccc(Br)cc1)c1ccc(Cl)cc1. The van der Waals surface area contributed by atoms with Crippen molar-refractivity contribution in [2.24, 2.45) is 5.10 Å². The Morgan fingerprint density at radius 3 is 2.21 bits per heavy atom. The van der Waals surface area contributed by atoms with Crippen LogP contribution in [0.5, 0.6) is 5.75 Å². The number of hydrogen-bond donors (Lipinski definition) is 1. The number of hydrazone groups is 1. The lowest BCUT2D eigenvalue weighted by atomic mass is 10.2. The van der Waals surface area contributed by atoms with Crippen LogP contribution in [0, 0.1) is 0 Å². The van der Waals surface area contributed by atoms with Crippen LogP contribution in [0.1, 0.15) is 26.3 Å². The number of nitrogens with one attached hydrogen (secondary N) is 1. The molecule has 146 valence electrons. The fourth-order valence-electron chi connectivity index (χ4n) is 2.28. The minimum Gasteiger partial charge on any atom is -0.422 e. The molecule has 3 aromatic carbocycles. The number of halogens is 3. The molecule has 0 aliphatic carbocycles. The second-order valence-corrected chi connectivity index (χ2v) is 7.57. The molecule has 5 nitrogen and oxygen atoms in total. The molecule has 3 aromatic rings. The summed E-state index contributed by atoms with van der Waals surface area (Å²) in [6, 6.07) is 17.9. The Hall–Kier alpha value is -2.67. The third-order valence-electron chi connectivity index (χ3n) is 3.73. The average Bonchev–Trinajstić information content (AvgIpc) is 2.70. The van der Waals surface area contributed by atoms with Gasteiger partial charge < -0.3 is 4.74 Å². The Morgan fingerprint density at radius 1 is 0.897 bits per heavy atom. The van der Waals surface area contributed by atoms with Gasteiger partial charge in [0.1, 0.15) is 5.75 Å². The molecule has 0 bridgehead atoms. The van der Waals surface area contributed by atoms with Gasteiger partial charge in [-0.2, -0.15) is 5.10 Å². The van der Waals surface area contributed by atoms with Crippen LogP contribution in [0.3, 0.4) is 0 Å². The van der Waals surface area contributed by atoms with E-state index in [4.69, 9.17) is 27.9 Å². The van der Waals surface area contributed by atoms with Gasteiger partial charge in [-0.25, -0.2) is 10.2 Å². The van der Waals surface area contributed by atoms with E-state index < -0.39 is 11.9 Å². The lowest BCUT2D eigenvalue weighted by Gasteiger charge is -2.08. The summed E-state index contributed by atoms with van der Waals surface area (Å²) in [5.41, 5.74) is 3.63. The highest BCUT2D eigenvalue weighted by Crippen LogP contribution is 2.23. The van der Waals surface area contributed by atoms with Gasteiger partial charge >= 0.3 is 5.97 Å². The Balaban J connectivity index is 1.73. The summed E-state index contributed by atoms with van der Waals surface area (Å²) >= 11 is 15.2. The van der Waals surface area contributed by atoms with E-state index in [1.54, 1.807) is 66.7 Å². The first-order chi connectivity index (χ1) is 13.9. The van der Waals surface area contributed by atoms with Crippen molar-refractivity contribution in [2.75, 3.05) is 0 Å². The summed E-state index contributed by atoms with van der Waals surface area (Å²) in [7, 11) is 0. The molecular formula is C21H13BrCl2N2O3. The van der Waals surface area contributed by atoms with E-state index in [9.17, 15) is 9.59 Å². The molecule has 3 rings (SSSR count). The van der Waals surface area contributed by atoms with Gasteiger partial charge in [0.05, 0.1) is 11.8 Å². The maximum Gasteiger partial charge on any atom is 0.343 e. The highest BCUT2D eigenvalue weighted by molar-refractivity contribution is 9.10. The van der Waals surface area contributed by atoms with Gasteiger partial charge in [-0.3, -0.25) is 4.79 Å². The molecule has 29 heavy (non-hydrogen) atoms. The summed E-state index contributed by atoms with van der Waals surface area (Å²) in [6.45, 7) is 0. The zero-order valence-electron chi connectivity index (χ0n) is 14.7. The van der Waals surface area contributed by atoms with Crippen molar-refractivity contribution >= 4 is 57.2 Å². The molecule has 0 aliphatic rings. The van der Waals surface area contributed by atoms with E-state index in [0.29, 0.717) is 26.7 Å². The fourth-order valence-corrected chi connectivity index (χ4v) is 2.86. The van der Waals surface area contributed by atoms with Crippen molar-refractivity contribution in [3.8, 4) is 5.75 Å². The van der Waals surface area contributed by atoms with Crippen LogP contribution in [0.15, 0.2) is 76.3 Å². The lowest BCUT2D eigenvalue weighted by Crippen LogP contribution is -2.17. The molecule has 0 unspecified atom stereocenters. The minimum absolute atomic E-state index is 0.256. The highest BCUT2D eigenvalue weighted by atomic mass is 79.9. The first kappa shape index (κ1) is 21.0. The van der Waals surface area contributed by atoms with Crippen LogP contribution < -0.4 is 10.2 Å². The molecule has 0 saturated carbocycles. The number of nitrogens with zero attached hydrogens (tertiary/aromatic N) is 1. The van der Waals surface area contributed by atoms with E-state index in [1.165, 1.54) is 6.21 Å². The summed E-state index contributed by atoms with van der Waals surface area (Å²) in [5, 5.41) is 4.88. The van der Waals surface area contributed by atoms with Crippen molar-refractivity contribution in [1.29, 1.82) is 0 Å². The van der Waals surface area contributed by atoms with Crippen molar-refractivity contribution in [1.82, 2.24) is 5.43 Å². The Morgan fingerprint density at radius 2 is 1.52 bits per heavy atom. The van der Waals surface area contributed by atoms with Crippen molar-refractivity contribution in [2.45, 2.75) is 0 Å². The van der Waals surface area contributed by atoms with Gasteiger partial charge in [0.25, 0.3) is 5.91 Å². The third kappa shape index (κ3) is 5.90. The molecule has 0 aromatic heterocycles. The molecule has 1 amide bonds. The first-order valence-electron chi connectivity index (χ1n) is 8.28. The number of benzene rings is 3. The van der Waals surface area contributed by atoms with E-state index in [2.05, 4.69) is 26.5 Å². The van der Waals surface area contributed by atoms with Crippen molar-refractivity contribution in [3.63, 3.8) is 0 Å². The number of esters is 1. The second-order valence-electron chi connectivity index (χ2n) is 5.78.